The summed E-state index contributed by atoms with van der Waals surface area (Å²) in [6.45, 7) is 16.3. The largest absolute Gasteiger partial charge is 0.481 e. The molecule has 0 aromatic rings. The number of carbonyl (C=O) groups is 6. The topological polar surface area (TPSA) is 213 Å². The number of esters is 1. The average molecular weight is 1710 g/mol. The summed E-state index contributed by atoms with van der Waals surface area (Å²) in [7, 11) is 0. The van der Waals surface area contributed by atoms with E-state index in [1.54, 1.807) is 0 Å². The van der Waals surface area contributed by atoms with E-state index >= 15 is 0 Å². The fraction of sp³-hybridized carbons (Fsp3) is 0.944. The van der Waals surface area contributed by atoms with Crippen molar-refractivity contribution in [1.29, 1.82) is 0 Å². The van der Waals surface area contributed by atoms with Crippen LogP contribution in [0.25, 0.3) is 0 Å². The van der Waals surface area contributed by atoms with Crippen LogP contribution in [0.4, 0.5) is 0 Å². The molecule has 720 valence electrons. The third kappa shape index (κ3) is 149. The zero-order valence-electron chi connectivity index (χ0n) is 82.3. The van der Waals surface area contributed by atoms with Crippen LogP contribution in [-0.4, -0.2) is 68.0 Å². The van der Waals surface area contributed by atoms with E-state index in [2.05, 4.69) is 48.5 Å². The van der Waals surface area contributed by atoms with Crippen molar-refractivity contribution in [1.82, 2.24) is 0 Å². The van der Waals surface area contributed by atoms with Gasteiger partial charge in [-0.3, -0.25) is 28.8 Å². The van der Waals surface area contributed by atoms with Crippen LogP contribution in [0.1, 0.15) is 652 Å². The van der Waals surface area contributed by atoms with Crippen molar-refractivity contribution in [2.45, 2.75) is 652 Å². The molecule has 0 unspecified atom stereocenters. The van der Waals surface area contributed by atoms with E-state index in [1.165, 1.54) is 482 Å². The highest BCUT2D eigenvalue weighted by molar-refractivity contribution is 5.69. The van der Waals surface area contributed by atoms with Crippen LogP contribution in [0, 0.1) is 0 Å². The molecule has 0 aromatic carbocycles. The second-order valence-electron chi connectivity index (χ2n) is 36.3. The van der Waals surface area contributed by atoms with Gasteiger partial charge in [0.05, 0.1) is 6.61 Å². The molecule has 0 saturated carbocycles. The van der Waals surface area contributed by atoms with Crippen molar-refractivity contribution in [2.75, 3.05) is 6.61 Å². The third-order valence-electron chi connectivity index (χ3n) is 23.7. The molecule has 0 fully saturated rings. The van der Waals surface area contributed by atoms with Crippen molar-refractivity contribution in [3.8, 4) is 0 Å². The first-order valence-electron chi connectivity index (χ1n) is 53.9. The maximum absolute atomic E-state index is 11.4. The summed E-state index contributed by atoms with van der Waals surface area (Å²) >= 11 is 0. The average Bonchev–Trinajstić information content (AvgIpc) is 1.06. The second-order valence-corrected chi connectivity index (χ2v) is 36.3. The zero-order valence-corrected chi connectivity index (χ0v) is 82.3. The third-order valence-corrected chi connectivity index (χ3v) is 23.7. The molecule has 0 radical (unpaired) electrons. The lowest BCUT2D eigenvalue weighted by Crippen LogP contribution is -2.05. The van der Waals surface area contributed by atoms with Gasteiger partial charge >= 0.3 is 35.8 Å². The Morgan fingerprint density at radius 2 is 0.225 bits per heavy atom. The number of hydrogen-bond acceptors (Lipinski definition) is 7. The lowest BCUT2D eigenvalue weighted by atomic mass is 10.0. The number of carboxylic acids is 5. The van der Waals surface area contributed by atoms with Crippen LogP contribution in [0.2, 0.25) is 0 Å². The van der Waals surface area contributed by atoms with Gasteiger partial charge in [0.2, 0.25) is 0 Å². The molecule has 5 N–H and O–H groups in total. The highest BCUT2D eigenvalue weighted by atomic mass is 16.5. The van der Waals surface area contributed by atoms with Crippen LogP contribution in [-0.2, 0) is 33.5 Å². The van der Waals surface area contributed by atoms with Gasteiger partial charge in [0.1, 0.15) is 0 Å². The van der Waals surface area contributed by atoms with E-state index in [0.717, 1.165) is 83.5 Å². The molecule has 0 bridgehead atoms. The molecule has 120 heavy (non-hydrogen) atoms. The molecular weight excluding hydrogens is 1490 g/mol. The quantitative estimate of drug-likeness (QED) is 0.0284. The van der Waals surface area contributed by atoms with Crippen LogP contribution in [0.5, 0.6) is 0 Å². The molecule has 12 heteroatoms. The predicted molar refractivity (Wildman–Crippen MR) is 523 cm³/mol. The first-order valence-corrected chi connectivity index (χ1v) is 53.9. The summed E-state index contributed by atoms with van der Waals surface area (Å²) in [5, 5.41) is 42.6. The van der Waals surface area contributed by atoms with Gasteiger partial charge in [0.25, 0.3) is 0 Å². The second kappa shape index (κ2) is 124. The molecule has 0 saturated heterocycles. The van der Waals surface area contributed by atoms with Crippen molar-refractivity contribution >= 4 is 35.8 Å². The van der Waals surface area contributed by atoms with Gasteiger partial charge in [-0.1, -0.05) is 569 Å². The molecule has 0 aliphatic heterocycles. The summed E-state index contributed by atoms with van der Waals surface area (Å²) in [6.07, 6.45) is 118. The predicted octanol–water partition coefficient (Wildman–Crippen LogP) is 37.7. The van der Waals surface area contributed by atoms with E-state index in [4.69, 9.17) is 30.3 Å². The minimum Gasteiger partial charge on any atom is -0.481 e. The van der Waals surface area contributed by atoms with Gasteiger partial charge < -0.3 is 30.3 Å². The Morgan fingerprint density at radius 1 is 0.133 bits per heavy atom. The number of carbonyl (C=O) groups excluding carboxylic acids is 1. The van der Waals surface area contributed by atoms with Crippen LogP contribution in [0.3, 0.4) is 0 Å². The molecule has 0 spiro atoms. The zero-order chi connectivity index (χ0) is 89.3. The first kappa shape index (κ1) is 128. The molecule has 0 aliphatic rings. The molecule has 0 heterocycles. The fourth-order valence-electron chi connectivity index (χ4n) is 15.6. The van der Waals surface area contributed by atoms with Gasteiger partial charge in [0.15, 0.2) is 0 Å². The van der Waals surface area contributed by atoms with E-state index < -0.39 is 29.8 Å². The van der Waals surface area contributed by atoms with Gasteiger partial charge in [-0.05, 0) is 44.9 Å². The first-order chi connectivity index (χ1) is 58.7. The molecule has 0 amide bonds. The molecule has 0 aliphatic carbocycles. The number of carboxylic acid groups (broad SMARTS) is 5. The monoisotopic (exact) mass is 1710 g/mol. The highest BCUT2D eigenvalue weighted by Gasteiger charge is 2.06. The maximum Gasteiger partial charge on any atom is 0.305 e. The summed E-state index contributed by atoms with van der Waals surface area (Å²) < 4.78 is 5.14. The molecule has 0 aromatic heterocycles. The molecule has 12 nitrogen and oxygen atoms in total. The van der Waals surface area contributed by atoms with Gasteiger partial charge in [-0.2, -0.15) is 0 Å². The number of aliphatic carboxylic acids is 5. The Morgan fingerprint density at radius 3 is 0.325 bits per heavy atom. The van der Waals surface area contributed by atoms with Crippen molar-refractivity contribution in [2.24, 2.45) is 0 Å². The maximum atomic E-state index is 11.4. The lowest BCUT2D eigenvalue weighted by molar-refractivity contribution is -0.144. The van der Waals surface area contributed by atoms with Crippen LogP contribution >= 0.6 is 0 Å². The minimum absolute atomic E-state index is 0.00521. The smallest absolute Gasteiger partial charge is 0.305 e. The SMILES string of the molecule is CCCCCCCCCCCCCC(=O)OCCCC.CCCCCCCCCCCCCCCCCC(=O)O.CCCCCCCCCCCCCCCCCC(=O)O.CCCCCCCCCCCCCCCCCC(=O)O.CCCCCCCCCCCCCCCCCC(=O)O.CCCCCCCCCCCCCCCCCC(=O)O. The Kier molecular flexibility index (Phi) is 132. The number of unbranched alkanes of at least 4 members (excludes halogenated alkanes) is 81. The normalized spacial score (nSPS) is 10.8. The number of ether oxygens (including phenoxy) is 1. The Bertz CT molecular complexity index is 1640. The van der Waals surface area contributed by atoms with E-state index in [9.17, 15) is 28.8 Å². The number of hydrogen-bond donors (Lipinski definition) is 5. The summed E-state index contributed by atoms with van der Waals surface area (Å²) in [5.74, 6) is -3.27. The van der Waals surface area contributed by atoms with Crippen molar-refractivity contribution in [3.05, 3.63) is 0 Å². The molecule has 0 atom stereocenters. The van der Waals surface area contributed by atoms with Gasteiger partial charge in [-0.15, -0.1) is 0 Å². The Labute approximate surface area is 749 Å². The Balaban J connectivity index is -0.000000325. The van der Waals surface area contributed by atoms with E-state index in [-0.39, 0.29) is 5.97 Å². The summed E-state index contributed by atoms with van der Waals surface area (Å²) in [4.78, 5) is 63.0. The fourth-order valence-corrected chi connectivity index (χ4v) is 15.6. The number of rotatable bonds is 95. The van der Waals surface area contributed by atoms with Gasteiger partial charge in [-0.25, -0.2) is 0 Å². The van der Waals surface area contributed by atoms with Gasteiger partial charge in [0, 0.05) is 38.5 Å². The highest BCUT2D eigenvalue weighted by Crippen LogP contribution is 2.21. The lowest BCUT2D eigenvalue weighted by Gasteiger charge is -2.04. The molecular formula is C108H216O12. The molecule has 0 rings (SSSR count). The van der Waals surface area contributed by atoms with Crippen LogP contribution < -0.4 is 0 Å². The minimum atomic E-state index is -0.653. The van der Waals surface area contributed by atoms with E-state index in [0.29, 0.717) is 45.1 Å². The van der Waals surface area contributed by atoms with Crippen molar-refractivity contribution < 1.29 is 59.0 Å². The standard InChI is InChI=1S/6C18H36O2/c1-3-5-7-8-9-10-11-12-13-14-15-16-18(19)20-17-6-4-2;5*1-2-3-4-5-6-7-8-9-10-11-12-13-14-15-16-17-18(19)20/h3-17H2,1-2H3;5*2-17H2,1H3,(H,19,20). The van der Waals surface area contributed by atoms with Crippen molar-refractivity contribution in [3.63, 3.8) is 0 Å². The summed E-state index contributed by atoms with van der Waals surface area (Å²) in [5.41, 5.74) is 0. The van der Waals surface area contributed by atoms with Crippen LogP contribution in [0.15, 0.2) is 0 Å². The summed E-state index contributed by atoms with van der Waals surface area (Å²) in [6, 6.07) is 0. The Hall–Kier alpha value is -3.18. The van der Waals surface area contributed by atoms with E-state index in [1.807, 2.05) is 0 Å².